The summed E-state index contributed by atoms with van der Waals surface area (Å²) in [7, 11) is 1.63. The third kappa shape index (κ3) is 2.57. The van der Waals surface area contributed by atoms with Crippen molar-refractivity contribution in [2.75, 3.05) is 7.11 Å². The maximum atomic E-state index is 5.08. The van der Waals surface area contributed by atoms with Gasteiger partial charge in [0, 0.05) is 0 Å². The van der Waals surface area contributed by atoms with Crippen LogP contribution in [0.15, 0.2) is 43.0 Å². The second-order valence-corrected chi connectivity index (χ2v) is 3.23. The van der Waals surface area contributed by atoms with Gasteiger partial charge in [0.2, 0.25) is 0 Å². The average Bonchev–Trinajstić information content (AvgIpc) is 2.85. The largest absolute Gasteiger partial charge is 0.497 e. The molecule has 0 atom stereocenters. The molecule has 0 aliphatic rings. The Morgan fingerprint density at radius 2 is 2.06 bits per heavy atom. The van der Waals surface area contributed by atoms with Gasteiger partial charge >= 0.3 is 0 Å². The van der Waals surface area contributed by atoms with E-state index in [-0.39, 0.29) is 0 Å². The number of methoxy groups -OCH3 is 1. The van der Waals surface area contributed by atoms with Gasteiger partial charge in [0.05, 0.1) is 12.8 Å². The minimum absolute atomic E-state index is 0.542. The van der Waals surface area contributed by atoms with Crippen LogP contribution < -0.4 is 4.74 Å². The quantitative estimate of drug-likeness (QED) is 0.749. The minimum atomic E-state index is 0.542. The van der Waals surface area contributed by atoms with E-state index in [9.17, 15) is 0 Å². The van der Waals surface area contributed by atoms with Crippen LogP contribution >= 0.6 is 0 Å². The Kier molecular flexibility index (Phi) is 3.30. The van der Waals surface area contributed by atoms with Gasteiger partial charge in [-0.1, -0.05) is 18.7 Å². The van der Waals surface area contributed by atoms with E-state index >= 15 is 0 Å². The van der Waals surface area contributed by atoms with Crippen molar-refractivity contribution in [3.05, 3.63) is 48.8 Å². The van der Waals surface area contributed by atoms with Crippen molar-refractivity contribution < 1.29 is 4.74 Å². The van der Waals surface area contributed by atoms with Crippen LogP contribution in [0.25, 0.3) is 11.8 Å². The maximum absolute atomic E-state index is 5.08. The van der Waals surface area contributed by atoms with Gasteiger partial charge in [-0.05, 0) is 35.6 Å². The molecule has 0 amide bonds. The molecular weight excluding hydrogens is 216 g/mol. The van der Waals surface area contributed by atoms with Crippen LogP contribution in [0.4, 0.5) is 0 Å². The number of rotatable bonds is 4. The Labute approximate surface area is 99.0 Å². The SMILES string of the molecule is C=C/C=C\c1nnn(-c2ccc(OC)cc2)n1. The number of hydrogen-bond donors (Lipinski definition) is 0. The Hall–Kier alpha value is -2.43. The highest BCUT2D eigenvalue weighted by Gasteiger charge is 2.01. The van der Waals surface area contributed by atoms with E-state index in [1.165, 1.54) is 4.80 Å². The standard InChI is InChI=1S/C12H12N4O/c1-3-4-5-12-13-15-16(14-12)10-6-8-11(17-2)9-7-10/h3-9H,1H2,2H3/b5-4-. The normalized spacial score (nSPS) is 10.6. The van der Waals surface area contributed by atoms with E-state index < -0.39 is 0 Å². The van der Waals surface area contributed by atoms with Gasteiger partial charge < -0.3 is 4.74 Å². The average molecular weight is 228 g/mol. The number of allylic oxidation sites excluding steroid dienone is 2. The molecule has 1 heterocycles. The molecule has 0 saturated carbocycles. The molecule has 17 heavy (non-hydrogen) atoms. The van der Waals surface area contributed by atoms with Gasteiger partial charge in [-0.3, -0.25) is 0 Å². The fourth-order valence-corrected chi connectivity index (χ4v) is 1.27. The maximum Gasteiger partial charge on any atom is 0.198 e. The molecule has 0 bridgehead atoms. The van der Waals surface area contributed by atoms with Gasteiger partial charge in [-0.2, -0.15) is 0 Å². The molecule has 0 fully saturated rings. The van der Waals surface area contributed by atoms with E-state index in [0.717, 1.165) is 11.4 Å². The molecular formula is C12H12N4O. The van der Waals surface area contributed by atoms with Crippen LogP contribution in [-0.4, -0.2) is 27.3 Å². The number of aromatic nitrogens is 4. The number of ether oxygens (including phenoxy) is 1. The van der Waals surface area contributed by atoms with Gasteiger partial charge in [-0.25, -0.2) is 0 Å². The first-order valence-corrected chi connectivity index (χ1v) is 5.07. The second-order valence-electron chi connectivity index (χ2n) is 3.23. The first kappa shape index (κ1) is 11.1. The van der Waals surface area contributed by atoms with Crippen LogP contribution in [0.3, 0.4) is 0 Å². The molecule has 0 saturated heterocycles. The summed E-state index contributed by atoms with van der Waals surface area (Å²) in [4.78, 5) is 1.46. The zero-order valence-electron chi connectivity index (χ0n) is 9.45. The summed E-state index contributed by atoms with van der Waals surface area (Å²) in [6, 6.07) is 7.42. The molecule has 1 aromatic heterocycles. The second kappa shape index (κ2) is 5.07. The molecule has 2 rings (SSSR count). The summed E-state index contributed by atoms with van der Waals surface area (Å²) in [5, 5.41) is 12.0. The summed E-state index contributed by atoms with van der Waals surface area (Å²) in [5.41, 5.74) is 0.830. The Bertz CT molecular complexity index is 528. The Morgan fingerprint density at radius 3 is 2.71 bits per heavy atom. The number of tetrazole rings is 1. The van der Waals surface area contributed by atoms with E-state index in [1.54, 1.807) is 25.3 Å². The van der Waals surface area contributed by atoms with E-state index in [1.807, 2.05) is 24.3 Å². The van der Waals surface area contributed by atoms with Crippen LogP contribution in [0.5, 0.6) is 5.75 Å². The Morgan fingerprint density at radius 1 is 1.29 bits per heavy atom. The fraction of sp³-hybridized carbons (Fsp3) is 0.0833. The van der Waals surface area contributed by atoms with Crippen LogP contribution in [-0.2, 0) is 0 Å². The first-order chi connectivity index (χ1) is 8.33. The third-order valence-corrected chi connectivity index (χ3v) is 2.11. The van der Waals surface area contributed by atoms with Crippen molar-refractivity contribution in [1.29, 1.82) is 0 Å². The molecule has 0 spiro atoms. The topological polar surface area (TPSA) is 52.8 Å². The molecule has 2 aromatic rings. The summed E-state index contributed by atoms with van der Waals surface area (Å²) < 4.78 is 5.08. The lowest BCUT2D eigenvalue weighted by molar-refractivity contribution is 0.414. The number of hydrogen-bond acceptors (Lipinski definition) is 4. The third-order valence-electron chi connectivity index (χ3n) is 2.11. The van der Waals surface area contributed by atoms with E-state index in [2.05, 4.69) is 22.0 Å². The van der Waals surface area contributed by atoms with Crippen LogP contribution in [0.1, 0.15) is 5.82 Å². The molecule has 0 aliphatic carbocycles. The summed E-state index contributed by atoms with van der Waals surface area (Å²) in [6.07, 6.45) is 5.16. The first-order valence-electron chi connectivity index (χ1n) is 5.07. The van der Waals surface area contributed by atoms with Gasteiger partial charge in [0.15, 0.2) is 5.82 Å². The predicted octanol–water partition coefficient (Wildman–Crippen LogP) is 1.87. The summed E-state index contributed by atoms with van der Waals surface area (Å²) in [6.45, 7) is 3.58. The summed E-state index contributed by atoms with van der Waals surface area (Å²) in [5.74, 6) is 1.33. The van der Waals surface area contributed by atoms with Crippen LogP contribution in [0, 0.1) is 0 Å². The van der Waals surface area contributed by atoms with Gasteiger partial charge in [-0.15, -0.1) is 15.0 Å². The highest BCUT2D eigenvalue weighted by Crippen LogP contribution is 2.13. The van der Waals surface area contributed by atoms with Crippen molar-refractivity contribution in [1.82, 2.24) is 20.2 Å². The number of nitrogens with zero attached hydrogens (tertiary/aromatic N) is 4. The highest BCUT2D eigenvalue weighted by atomic mass is 16.5. The van der Waals surface area contributed by atoms with Crippen molar-refractivity contribution in [3.8, 4) is 11.4 Å². The fourth-order valence-electron chi connectivity index (χ4n) is 1.27. The monoisotopic (exact) mass is 228 g/mol. The zero-order valence-corrected chi connectivity index (χ0v) is 9.45. The Balaban J connectivity index is 2.23. The van der Waals surface area contributed by atoms with Crippen molar-refractivity contribution in [2.24, 2.45) is 0 Å². The van der Waals surface area contributed by atoms with Crippen molar-refractivity contribution >= 4 is 6.08 Å². The van der Waals surface area contributed by atoms with E-state index in [4.69, 9.17) is 4.74 Å². The minimum Gasteiger partial charge on any atom is -0.497 e. The highest BCUT2D eigenvalue weighted by molar-refractivity contribution is 5.42. The molecule has 0 unspecified atom stereocenters. The smallest absolute Gasteiger partial charge is 0.198 e. The molecule has 0 radical (unpaired) electrons. The molecule has 0 N–H and O–H groups in total. The zero-order chi connectivity index (χ0) is 12.1. The van der Waals surface area contributed by atoms with E-state index in [0.29, 0.717) is 5.82 Å². The predicted molar refractivity (Wildman–Crippen MR) is 64.9 cm³/mol. The molecule has 0 aliphatic heterocycles. The lowest BCUT2D eigenvalue weighted by Gasteiger charge is -2.00. The molecule has 1 aromatic carbocycles. The lowest BCUT2D eigenvalue weighted by Crippen LogP contribution is -1.98. The molecule has 5 heteroatoms. The van der Waals surface area contributed by atoms with Gasteiger partial charge in [0.1, 0.15) is 5.75 Å². The van der Waals surface area contributed by atoms with Gasteiger partial charge in [0.25, 0.3) is 0 Å². The van der Waals surface area contributed by atoms with Crippen molar-refractivity contribution in [3.63, 3.8) is 0 Å². The molecule has 86 valence electrons. The lowest BCUT2D eigenvalue weighted by atomic mass is 10.3. The molecule has 5 nitrogen and oxygen atoms in total. The van der Waals surface area contributed by atoms with Crippen molar-refractivity contribution in [2.45, 2.75) is 0 Å². The summed E-state index contributed by atoms with van der Waals surface area (Å²) >= 11 is 0. The number of benzene rings is 1. The van der Waals surface area contributed by atoms with Crippen LogP contribution in [0.2, 0.25) is 0 Å².